The Balaban J connectivity index is 1.82. The fraction of sp³-hybridized carbons (Fsp3) is 0.375. The monoisotopic (exact) mass is 319 g/mol. The van der Waals surface area contributed by atoms with E-state index in [2.05, 4.69) is 52.1 Å². The quantitative estimate of drug-likeness (QED) is 0.860. The lowest BCUT2D eigenvalue weighted by atomic mass is 10.0. The maximum atomic E-state index is 5.81. The van der Waals surface area contributed by atoms with Crippen molar-refractivity contribution < 1.29 is 0 Å². The number of rotatable bonds is 3. The summed E-state index contributed by atoms with van der Waals surface area (Å²) in [4.78, 5) is 11.0. The fourth-order valence-electron chi connectivity index (χ4n) is 2.82. The largest absolute Gasteiger partial charge is 0.289 e. The van der Waals surface area contributed by atoms with Crippen LogP contribution in [0.4, 0.5) is 0 Å². The summed E-state index contributed by atoms with van der Waals surface area (Å²) in [5.41, 5.74) is 2.35. The molecular formula is C16H18ClN3S. The third kappa shape index (κ3) is 3.57. The highest BCUT2D eigenvalue weighted by molar-refractivity contribution is 8.00. The lowest BCUT2D eigenvalue weighted by molar-refractivity contribution is 0.189. The Morgan fingerprint density at radius 3 is 2.76 bits per heavy atom. The molecule has 5 heteroatoms. The van der Waals surface area contributed by atoms with Gasteiger partial charge >= 0.3 is 0 Å². The zero-order chi connectivity index (χ0) is 14.7. The van der Waals surface area contributed by atoms with Crippen LogP contribution in [0.25, 0.3) is 0 Å². The predicted octanol–water partition coefficient (Wildman–Crippen LogP) is 3.81. The van der Waals surface area contributed by atoms with Crippen LogP contribution in [0, 0.1) is 0 Å². The third-order valence-electron chi connectivity index (χ3n) is 3.78. The van der Waals surface area contributed by atoms with Crippen LogP contribution in [-0.2, 0) is 6.54 Å². The molecule has 1 saturated heterocycles. The van der Waals surface area contributed by atoms with Crippen LogP contribution in [-0.4, -0.2) is 32.4 Å². The smallest absolute Gasteiger partial charge is 0.147 e. The van der Waals surface area contributed by atoms with Gasteiger partial charge in [0.1, 0.15) is 5.15 Å². The minimum atomic E-state index is 0.419. The molecule has 1 aromatic heterocycles. The lowest BCUT2D eigenvalue weighted by Crippen LogP contribution is -2.39. The summed E-state index contributed by atoms with van der Waals surface area (Å²) in [5, 5.41) is 1.02. The van der Waals surface area contributed by atoms with E-state index in [1.807, 2.05) is 11.8 Å². The first-order chi connectivity index (χ1) is 10.2. The van der Waals surface area contributed by atoms with Crippen molar-refractivity contribution in [2.75, 3.05) is 12.3 Å². The van der Waals surface area contributed by atoms with Gasteiger partial charge in [0.2, 0.25) is 0 Å². The van der Waals surface area contributed by atoms with Gasteiger partial charge in [-0.05, 0) is 5.56 Å². The van der Waals surface area contributed by atoms with Gasteiger partial charge in [-0.15, -0.1) is 0 Å². The second-order valence-corrected chi connectivity index (χ2v) is 7.10. The average molecular weight is 320 g/mol. The molecule has 110 valence electrons. The lowest BCUT2D eigenvalue weighted by Gasteiger charge is -2.39. The third-order valence-corrected chi connectivity index (χ3v) is 5.17. The molecule has 1 aliphatic rings. The number of benzene rings is 1. The summed E-state index contributed by atoms with van der Waals surface area (Å²) in [7, 11) is 0. The van der Waals surface area contributed by atoms with E-state index in [0.717, 1.165) is 24.5 Å². The minimum Gasteiger partial charge on any atom is -0.289 e. The van der Waals surface area contributed by atoms with Crippen molar-refractivity contribution in [1.82, 2.24) is 14.9 Å². The second kappa shape index (κ2) is 6.77. The van der Waals surface area contributed by atoms with Crippen LogP contribution in [0.2, 0.25) is 5.15 Å². The van der Waals surface area contributed by atoms with Gasteiger partial charge in [0.15, 0.2) is 0 Å². The maximum Gasteiger partial charge on any atom is 0.147 e. The van der Waals surface area contributed by atoms with Crippen LogP contribution < -0.4 is 0 Å². The van der Waals surface area contributed by atoms with Gasteiger partial charge in [0.25, 0.3) is 0 Å². The van der Waals surface area contributed by atoms with E-state index >= 15 is 0 Å². The number of aromatic nitrogens is 2. The van der Waals surface area contributed by atoms with E-state index < -0.39 is 0 Å². The molecule has 2 atom stereocenters. The zero-order valence-corrected chi connectivity index (χ0v) is 13.5. The molecule has 0 radical (unpaired) electrons. The molecule has 1 aromatic carbocycles. The first kappa shape index (κ1) is 14.8. The molecule has 21 heavy (non-hydrogen) atoms. The average Bonchev–Trinajstić information content (AvgIpc) is 2.51. The highest BCUT2D eigenvalue weighted by Gasteiger charge is 2.30. The standard InChI is InChI=1S/C16H18ClN3S/c1-12-16(13-5-3-2-4-6-13)20(7-8-21-12)11-14-9-19-15(17)10-18-14/h2-6,9-10,12,16H,7-8,11H2,1H3/t12-,16-/m1/s1. The highest BCUT2D eigenvalue weighted by Crippen LogP contribution is 2.36. The molecule has 2 heterocycles. The van der Waals surface area contributed by atoms with Gasteiger partial charge in [-0.2, -0.15) is 11.8 Å². The van der Waals surface area contributed by atoms with E-state index in [-0.39, 0.29) is 0 Å². The van der Waals surface area contributed by atoms with Crippen molar-refractivity contribution in [3.8, 4) is 0 Å². The molecule has 0 spiro atoms. The SMILES string of the molecule is C[C@H]1SCCN(Cc2cnc(Cl)cn2)[C@H]1c1ccccc1. The summed E-state index contributed by atoms with van der Waals surface area (Å²) < 4.78 is 0. The van der Waals surface area contributed by atoms with E-state index in [4.69, 9.17) is 11.6 Å². The fourth-order valence-corrected chi connectivity index (χ4v) is 4.14. The van der Waals surface area contributed by atoms with E-state index in [1.54, 1.807) is 12.4 Å². The van der Waals surface area contributed by atoms with Crippen LogP contribution in [0.5, 0.6) is 0 Å². The molecule has 0 amide bonds. The molecule has 3 rings (SSSR count). The Hall–Kier alpha value is -1.10. The molecule has 2 aromatic rings. The molecule has 1 fully saturated rings. The van der Waals surface area contributed by atoms with Crippen molar-refractivity contribution in [3.05, 3.63) is 59.1 Å². The highest BCUT2D eigenvalue weighted by atomic mass is 35.5. The van der Waals surface area contributed by atoms with Gasteiger partial charge in [-0.3, -0.25) is 9.88 Å². The van der Waals surface area contributed by atoms with Gasteiger partial charge < -0.3 is 0 Å². The molecule has 3 nitrogen and oxygen atoms in total. The van der Waals surface area contributed by atoms with Gasteiger partial charge in [0, 0.05) is 30.1 Å². The number of hydrogen-bond donors (Lipinski definition) is 0. The molecule has 0 unspecified atom stereocenters. The van der Waals surface area contributed by atoms with Crippen molar-refractivity contribution >= 4 is 23.4 Å². The van der Waals surface area contributed by atoms with Crippen LogP contribution in [0.3, 0.4) is 0 Å². The maximum absolute atomic E-state index is 5.81. The van der Waals surface area contributed by atoms with E-state index in [9.17, 15) is 0 Å². The molecular weight excluding hydrogens is 302 g/mol. The van der Waals surface area contributed by atoms with Gasteiger partial charge in [-0.25, -0.2) is 4.98 Å². The Labute approximate surface area is 134 Å². The Morgan fingerprint density at radius 1 is 1.24 bits per heavy atom. The first-order valence-electron chi connectivity index (χ1n) is 7.11. The number of thioether (sulfide) groups is 1. The van der Waals surface area contributed by atoms with E-state index in [0.29, 0.717) is 16.4 Å². The van der Waals surface area contributed by atoms with Crippen molar-refractivity contribution in [3.63, 3.8) is 0 Å². The second-order valence-electron chi connectivity index (χ2n) is 5.23. The molecule has 1 aliphatic heterocycles. The molecule has 0 saturated carbocycles. The number of halogens is 1. The molecule has 0 aliphatic carbocycles. The summed E-state index contributed by atoms with van der Waals surface area (Å²) in [5.74, 6) is 1.16. The summed E-state index contributed by atoms with van der Waals surface area (Å²) in [6, 6.07) is 11.1. The van der Waals surface area contributed by atoms with Crippen molar-refractivity contribution in [1.29, 1.82) is 0 Å². The van der Waals surface area contributed by atoms with E-state index in [1.165, 1.54) is 5.56 Å². The Bertz CT molecular complexity index is 576. The number of hydrogen-bond acceptors (Lipinski definition) is 4. The predicted molar refractivity (Wildman–Crippen MR) is 88.6 cm³/mol. The first-order valence-corrected chi connectivity index (χ1v) is 8.54. The summed E-state index contributed by atoms with van der Waals surface area (Å²) in [6.07, 6.45) is 3.40. The zero-order valence-electron chi connectivity index (χ0n) is 11.9. The summed E-state index contributed by atoms with van der Waals surface area (Å²) in [6.45, 7) is 4.19. The van der Waals surface area contributed by atoms with Crippen LogP contribution >= 0.6 is 23.4 Å². The Kier molecular flexibility index (Phi) is 4.78. The molecule has 0 bridgehead atoms. The summed E-state index contributed by atoms with van der Waals surface area (Å²) >= 11 is 7.85. The minimum absolute atomic E-state index is 0.419. The van der Waals surface area contributed by atoms with Crippen molar-refractivity contribution in [2.24, 2.45) is 0 Å². The Morgan fingerprint density at radius 2 is 2.05 bits per heavy atom. The van der Waals surface area contributed by atoms with Crippen LogP contribution in [0.15, 0.2) is 42.7 Å². The number of nitrogens with zero attached hydrogens (tertiary/aromatic N) is 3. The van der Waals surface area contributed by atoms with Crippen molar-refractivity contribution in [2.45, 2.75) is 24.8 Å². The van der Waals surface area contributed by atoms with Gasteiger partial charge in [-0.1, -0.05) is 48.9 Å². The molecule has 0 N–H and O–H groups in total. The normalized spacial score (nSPS) is 23.1. The van der Waals surface area contributed by atoms with Gasteiger partial charge in [0.05, 0.1) is 18.1 Å². The topological polar surface area (TPSA) is 29.0 Å². The van der Waals surface area contributed by atoms with Crippen LogP contribution in [0.1, 0.15) is 24.2 Å².